The van der Waals surface area contributed by atoms with Crippen LogP contribution in [0.1, 0.15) is 2.85 Å². The van der Waals surface area contributed by atoms with E-state index in [-0.39, 0.29) is 62.0 Å². The van der Waals surface area contributed by atoms with Crippen molar-refractivity contribution in [1.82, 2.24) is 10.1 Å². The van der Waals surface area contributed by atoms with Crippen LogP contribution in [0, 0.1) is 0 Å². The molecule has 0 aromatic heterocycles. The number of hydrogen-bond donors (Lipinski definition) is 0. The second kappa shape index (κ2) is 8.89. The predicted octanol–water partition coefficient (Wildman–Crippen LogP) is -7.18. The van der Waals surface area contributed by atoms with Crippen LogP contribution in [0.3, 0.4) is 0 Å². The van der Waals surface area contributed by atoms with Gasteiger partial charge in [0.05, 0.1) is 26.2 Å². The Balaban J connectivity index is -0.000000722. The van der Waals surface area contributed by atoms with Crippen molar-refractivity contribution in [2.75, 3.05) is 26.2 Å². The Morgan fingerprint density at radius 1 is 0.944 bits per heavy atom. The largest absolute Gasteiger partial charge is 1.00 e. The summed E-state index contributed by atoms with van der Waals surface area (Å²) in [4.78, 5) is 39.4. The van der Waals surface area contributed by atoms with Crippen LogP contribution in [0.15, 0.2) is 9.98 Å². The van der Waals surface area contributed by atoms with Gasteiger partial charge in [-0.3, -0.25) is 9.98 Å². The fourth-order valence-electron chi connectivity index (χ4n) is 1.15. The normalized spacial score (nSPS) is 16.0. The van der Waals surface area contributed by atoms with Gasteiger partial charge in [-0.1, -0.05) is 0 Å². The fourth-order valence-corrected chi connectivity index (χ4v) is 1.15. The van der Waals surface area contributed by atoms with E-state index in [2.05, 4.69) is 19.7 Å². The van der Waals surface area contributed by atoms with Gasteiger partial charge < -0.3 is 12.5 Å². The molecule has 0 N–H and O–H groups in total. The summed E-state index contributed by atoms with van der Waals surface area (Å²) in [6, 6.07) is 0. The zero-order valence-corrected chi connectivity index (χ0v) is 14.4. The standard InChI is InChI=1S/C8H10N4O4.2Na.2H/c13-7(15-11-3-1-9-5-11)8(14)16-12-4-2-10-6-12;;;;/h5-6H,1-4H2;;;;/q;2*+1;2*-1. The van der Waals surface area contributed by atoms with E-state index in [4.69, 9.17) is 0 Å². The van der Waals surface area contributed by atoms with Crippen LogP contribution in [0.2, 0.25) is 0 Å². The predicted molar refractivity (Wildman–Crippen MR) is 54.5 cm³/mol. The van der Waals surface area contributed by atoms with E-state index in [1.54, 1.807) is 0 Å². The fraction of sp³-hybridized carbons (Fsp3) is 0.500. The molecule has 0 unspecified atom stereocenters. The van der Waals surface area contributed by atoms with Crippen LogP contribution in [0.4, 0.5) is 0 Å². The van der Waals surface area contributed by atoms with Crippen molar-refractivity contribution in [3.63, 3.8) is 0 Å². The molecule has 0 amide bonds. The van der Waals surface area contributed by atoms with Crippen molar-refractivity contribution in [2.45, 2.75) is 0 Å². The third-order valence-corrected chi connectivity index (χ3v) is 1.89. The van der Waals surface area contributed by atoms with Crippen LogP contribution in [0.5, 0.6) is 0 Å². The quantitative estimate of drug-likeness (QED) is 0.367. The molecule has 0 saturated carbocycles. The topological polar surface area (TPSA) is 83.8 Å². The number of hydrogen-bond acceptors (Lipinski definition) is 8. The van der Waals surface area contributed by atoms with Gasteiger partial charge >= 0.3 is 71.1 Å². The van der Waals surface area contributed by atoms with Gasteiger partial charge in [0.2, 0.25) is 0 Å². The number of rotatable bonds is 2. The molecule has 10 heteroatoms. The maximum atomic E-state index is 11.2. The van der Waals surface area contributed by atoms with Crippen molar-refractivity contribution in [3.8, 4) is 0 Å². The summed E-state index contributed by atoms with van der Waals surface area (Å²) >= 11 is 0. The van der Waals surface area contributed by atoms with Crippen molar-refractivity contribution in [1.29, 1.82) is 0 Å². The van der Waals surface area contributed by atoms with Crippen LogP contribution in [-0.4, -0.2) is 60.9 Å². The summed E-state index contributed by atoms with van der Waals surface area (Å²) in [7, 11) is 0. The monoisotopic (exact) mass is 274 g/mol. The van der Waals surface area contributed by atoms with E-state index < -0.39 is 11.9 Å². The van der Waals surface area contributed by atoms with Crippen molar-refractivity contribution in [2.24, 2.45) is 9.98 Å². The summed E-state index contributed by atoms with van der Waals surface area (Å²) in [6.07, 6.45) is 2.70. The van der Waals surface area contributed by atoms with Gasteiger partial charge in [0, 0.05) is 0 Å². The van der Waals surface area contributed by atoms with E-state index in [0.29, 0.717) is 26.2 Å². The number of carbonyl (C=O) groups excluding carboxylic acids is 2. The van der Waals surface area contributed by atoms with Crippen molar-refractivity contribution >= 4 is 24.6 Å². The molecule has 0 aliphatic carbocycles. The Morgan fingerprint density at radius 2 is 1.33 bits per heavy atom. The Bertz CT molecular complexity index is 338. The molecule has 0 bridgehead atoms. The molecule has 2 rings (SSSR count). The molecule has 0 spiro atoms. The van der Waals surface area contributed by atoms with Gasteiger partial charge in [0.15, 0.2) is 0 Å². The van der Waals surface area contributed by atoms with Crippen LogP contribution in [-0.2, 0) is 19.3 Å². The Kier molecular flexibility index (Phi) is 8.83. The third-order valence-electron chi connectivity index (χ3n) is 1.89. The Labute approximate surface area is 151 Å². The Morgan fingerprint density at radius 3 is 1.61 bits per heavy atom. The molecular formula is C8H12N4Na2O4. The average Bonchev–Trinajstić information content (AvgIpc) is 2.90. The first kappa shape index (κ1) is 17.9. The number of hydroxylamine groups is 4. The smallest absolute Gasteiger partial charge is 1.00 e. The van der Waals surface area contributed by atoms with E-state index >= 15 is 0 Å². The molecule has 2 aliphatic rings. The molecule has 18 heavy (non-hydrogen) atoms. The third kappa shape index (κ3) is 5.25. The number of aliphatic imine (C=N–C) groups is 2. The average molecular weight is 274 g/mol. The molecule has 2 aliphatic heterocycles. The van der Waals surface area contributed by atoms with Crippen LogP contribution < -0.4 is 59.1 Å². The van der Waals surface area contributed by atoms with Crippen molar-refractivity contribution < 1.29 is 81.2 Å². The molecule has 0 radical (unpaired) electrons. The molecule has 0 atom stereocenters. The second-order valence-corrected chi connectivity index (χ2v) is 3.08. The Hall–Kier alpha value is -0.120. The minimum absolute atomic E-state index is 0. The van der Waals surface area contributed by atoms with E-state index in [0.717, 1.165) is 0 Å². The summed E-state index contributed by atoms with van der Waals surface area (Å²) in [6.45, 7) is 1.98. The zero-order chi connectivity index (χ0) is 11.4. The van der Waals surface area contributed by atoms with Gasteiger partial charge in [-0.05, 0) is 0 Å². The SMILES string of the molecule is O=C(ON1C=NCC1)C(=O)ON1C=NCC1.[H-].[H-].[Na+].[Na+]. The maximum absolute atomic E-state index is 11.2. The second-order valence-electron chi connectivity index (χ2n) is 3.08. The van der Waals surface area contributed by atoms with Crippen molar-refractivity contribution in [3.05, 3.63) is 0 Å². The first-order chi connectivity index (χ1) is 7.75. The zero-order valence-electron chi connectivity index (χ0n) is 12.4. The molecular weight excluding hydrogens is 262 g/mol. The molecule has 0 aromatic rings. The maximum Gasteiger partial charge on any atom is 1.00 e. The van der Waals surface area contributed by atoms with Crippen LogP contribution in [0.25, 0.3) is 0 Å². The number of carbonyl (C=O) groups is 2. The molecule has 90 valence electrons. The van der Waals surface area contributed by atoms with Gasteiger partial charge in [-0.25, -0.2) is 9.59 Å². The van der Waals surface area contributed by atoms with E-state index in [9.17, 15) is 9.59 Å². The summed E-state index contributed by atoms with van der Waals surface area (Å²) in [5.74, 6) is -2.15. The molecule has 2 heterocycles. The van der Waals surface area contributed by atoms with E-state index in [1.807, 2.05) is 0 Å². The summed E-state index contributed by atoms with van der Waals surface area (Å²) in [5.41, 5.74) is 0. The van der Waals surface area contributed by atoms with Gasteiger partial charge in [-0.15, -0.1) is 0 Å². The summed E-state index contributed by atoms with van der Waals surface area (Å²) in [5, 5.41) is 2.36. The van der Waals surface area contributed by atoms with Crippen LogP contribution >= 0.6 is 0 Å². The first-order valence-electron chi connectivity index (χ1n) is 4.73. The molecule has 8 nitrogen and oxygen atoms in total. The molecule has 0 fully saturated rings. The van der Waals surface area contributed by atoms with Gasteiger partial charge in [0.1, 0.15) is 12.7 Å². The first-order valence-corrected chi connectivity index (χ1v) is 4.73. The summed E-state index contributed by atoms with van der Waals surface area (Å²) < 4.78 is 0. The molecule has 0 aromatic carbocycles. The number of nitrogens with zero attached hydrogens (tertiary/aromatic N) is 4. The molecule has 0 saturated heterocycles. The minimum Gasteiger partial charge on any atom is -1.00 e. The minimum atomic E-state index is -1.08. The van der Waals surface area contributed by atoms with E-state index in [1.165, 1.54) is 22.8 Å². The van der Waals surface area contributed by atoms with Gasteiger partial charge in [-0.2, -0.15) is 10.1 Å². The van der Waals surface area contributed by atoms with Gasteiger partial charge in [0.25, 0.3) is 0 Å².